The number of nitrogens with zero attached hydrogens (tertiary/aromatic N) is 1. The number of carbonyl (C=O) groups excluding carboxylic acids is 2. The SMILES string of the molecule is CCCN(CC)CC1CC(=O)C2(CCC(C(C)(C)C)CC2)C1=O. The van der Waals surface area contributed by atoms with E-state index in [2.05, 4.69) is 39.5 Å². The summed E-state index contributed by atoms with van der Waals surface area (Å²) in [6.45, 7) is 13.9. The fourth-order valence-corrected chi connectivity index (χ4v) is 4.70. The van der Waals surface area contributed by atoms with Crippen LogP contribution in [0.2, 0.25) is 0 Å². The van der Waals surface area contributed by atoms with Crippen molar-refractivity contribution in [3.63, 3.8) is 0 Å². The molecule has 0 aromatic heterocycles. The summed E-state index contributed by atoms with van der Waals surface area (Å²) < 4.78 is 0. The molecule has 2 aliphatic rings. The summed E-state index contributed by atoms with van der Waals surface area (Å²) in [7, 11) is 0. The van der Waals surface area contributed by atoms with Gasteiger partial charge >= 0.3 is 0 Å². The highest BCUT2D eigenvalue weighted by atomic mass is 16.2. The van der Waals surface area contributed by atoms with Crippen molar-refractivity contribution in [1.29, 1.82) is 0 Å². The van der Waals surface area contributed by atoms with Gasteiger partial charge in [0.05, 0.1) is 5.41 Å². The van der Waals surface area contributed by atoms with E-state index in [0.717, 1.165) is 51.7 Å². The largest absolute Gasteiger partial charge is 0.303 e. The Bertz CT molecular complexity index is 441. The molecule has 3 nitrogen and oxygen atoms in total. The Morgan fingerprint density at radius 2 is 1.74 bits per heavy atom. The molecule has 1 spiro atoms. The van der Waals surface area contributed by atoms with Crippen molar-refractivity contribution in [1.82, 2.24) is 4.90 Å². The normalized spacial score (nSPS) is 32.3. The lowest BCUT2D eigenvalue weighted by atomic mass is 9.62. The average molecular weight is 322 g/mol. The van der Waals surface area contributed by atoms with Gasteiger partial charge in [0.15, 0.2) is 5.78 Å². The van der Waals surface area contributed by atoms with Gasteiger partial charge in [-0.15, -0.1) is 0 Å². The number of hydrogen-bond donors (Lipinski definition) is 0. The van der Waals surface area contributed by atoms with Crippen LogP contribution in [0.15, 0.2) is 0 Å². The van der Waals surface area contributed by atoms with E-state index in [1.807, 2.05) is 0 Å². The first-order valence-corrected chi connectivity index (χ1v) is 9.54. The molecule has 2 fully saturated rings. The Morgan fingerprint density at radius 3 is 2.22 bits per heavy atom. The molecule has 0 aromatic carbocycles. The Morgan fingerprint density at radius 1 is 1.13 bits per heavy atom. The summed E-state index contributed by atoms with van der Waals surface area (Å²) in [6.07, 6.45) is 5.23. The van der Waals surface area contributed by atoms with Crippen LogP contribution in [0.4, 0.5) is 0 Å². The minimum Gasteiger partial charge on any atom is -0.303 e. The molecular weight excluding hydrogens is 286 g/mol. The first-order valence-electron chi connectivity index (χ1n) is 9.54. The zero-order valence-corrected chi connectivity index (χ0v) is 15.8. The summed E-state index contributed by atoms with van der Waals surface area (Å²) >= 11 is 0. The molecule has 1 unspecified atom stereocenters. The number of carbonyl (C=O) groups is 2. The second-order valence-corrected chi connectivity index (χ2v) is 8.80. The predicted octanol–water partition coefficient (Wildman–Crippen LogP) is 4.10. The molecule has 2 saturated carbocycles. The van der Waals surface area contributed by atoms with Crippen LogP contribution in [0.5, 0.6) is 0 Å². The molecule has 0 bridgehead atoms. The van der Waals surface area contributed by atoms with E-state index < -0.39 is 5.41 Å². The molecule has 23 heavy (non-hydrogen) atoms. The number of rotatable bonds is 5. The van der Waals surface area contributed by atoms with Crippen molar-refractivity contribution in [2.24, 2.45) is 22.7 Å². The Labute approximate surface area is 142 Å². The lowest BCUT2D eigenvalue weighted by molar-refractivity contribution is -0.139. The first kappa shape index (κ1) is 18.6. The molecule has 2 aliphatic carbocycles. The van der Waals surface area contributed by atoms with Gasteiger partial charge in [-0.2, -0.15) is 0 Å². The van der Waals surface area contributed by atoms with E-state index in [-0.39, 0.29) is 22.9 Å². The fourth-order valence-electron chi connectivity index (χ4n) is 4.70. The lowest BCUT2D eigenvalue weighted by Crippen LogP contribution is -2.41. The highest BCUT2D eigenvalue weighted by Gasteiger charge is 2.55. The fraction of sp³-hybridized carbons (Fsp3) is 0.900. The van der Waals surface area contributed by atoms with Gasteiger partial charge in [-0.25, -0.2) is 0 Å². The number of hydrogen-bond acceptors (Lipinski definition) is 3. The van der Waals surface area contributed by atoms with Gasteiger partial charge in [-0.1, -0.05) is 34.6 Å². The quantitative estimate of drug-likeness (QED) is 0.715. The highest BCUT2D eigenvalue weighted by Crippen LogP contribution is 2.51. The smallest absolute Gasteiger partial charge is 0.151 e. The van der Waals surface area contributed by atoms with Gasteiger partial charge in [0.2, 0.25) is 0 Å². The minimum atomic E-state index is -0.613. The van der Waals surface area contributed by atoms with E-state index >= 15 is 0 Å². The molecule has 2 rings (SSSR count). The monoisotopic (exact) mass is 321 g/mol. The van der Waals surface area contributed by atoms with Crippen LogP contribution in [0.25, 0.3) is 0 Å². The number of ketones is 2. The second kappa shape index (κ2) is 7.04. The van der Waals surface area contributed by atoms with Gasteiger partial charge in [0.1, 0.15) is 5.78 Å². The van der Waals surface area contributed by atoms with Crippen LogP contribution in [-0.4, -0.2) is 36.1 Å². The molecule has 0 saturated heterocycles. The van der Waals surface area contributed by atoms with Crippen LogP contribution in [0.1, 0.15) is 73.1 Å². The molecule has 0 aromatic rings. The third-order valence-corrected chi connectivity index (χ3v) is 6.34. The lowest BCUT2D eigenvalue weighted by Gasteiger charge is -2.40. The second-order valence-electron chi connectivity index (χ2n) is 8.80. The predicted molar refractivity (Wildman–Crippen MR) is 94.4 cm³/mol. The van der Waals surface area contributed by atoms with Crippen LogP contribution >= 0.6 is 0 Å². The van der Waals surface area contributed by atoms with Crippen molar-refractivity contribution in [2.45, 2.75) is 73.1 Å². The van der Waals surface area contributed by atoms with Crippen LogP contribution in [0.3, 0.4) is 0 Å². The standard InChI is InChI=1S/C20H35NO2/c1-6-12-21(7-2)14-15-13-17(22)20(18(15)23)10-8-16(9-11-20)19(3,4)5/h15-16H,6-14H2,1-5H3. The molecule has 0 aliphatic heterocycles. The van der Waals surface area contributed by atoms with Crippen LogP contribution in [-0.2, 0) is 9.59 Å². The molecule has 1 atom stereocenters. The first-order chi connectivity index (χ1) is 10.7. The number of Topliss-reactive ketones (excluding diaryl/α,β-unsaturated/α-hetero) is 2. The zero-order valence-electron chi connectivity index (χ0n) is 15.8. The summed E-state index contributed by atoms with van der Waals surface area (Å²) in [6, 6.07) is 0. The zero-order chi connectivity index (χ0) is 17.3. The van der Waals surface area contributed by atoms with Crippen molar-refractivity contribution >= 4 is 11.6 Å². The van der Waals surface area contributed by atoms with Crippen molar-refractivity contribution in [2.75, 3.05) is 19.6 Å². The van der Waals surface area contributed by atoms with Gasteiger partial charge < -0.3 is 4.90 Å². The van der Waals surface area contributed by atoms with E-state index in [4.69, 9.17) is 0 Å². The highest BCUT2D eigenvalue weighted by molar-refractivity contribution is 6.14. The minimum absolute atomic E-state index is 0.0554. The van der Waals surface area contributed by atoms with Crippen LogP contribution in [0, 0.1) is 22.7 Å². The maximum atomic E-state index is 13.1. The summed E-state index contributed by atoms with van der Waals surface area (Å²) in [4.78, 5) is 28.1. The Kier molecular flexibility index (Phi) is 5.71. The van der Waals surface area contributed by atoms with Crippen molar-refractivity contribution < 1.29 is 9.59 Å². The summed E-state index contributed by atoms with van der Waals surface area (Å²) in [5, 5.41) is 0. The van der Waals surface area contributed by atoms with E-state index in [1.165, 1.54) is 0 Å². The average Bonchev–Trinajstić information content (AvgIpc) is 2.71. The van der Waals surface area contributed by atoms with Gasteiger partial charge in [0, 0.05) is 18.9 Å². The third-order valence-electron chi connectivity index (χ3n) is 6.34. The van der Waals surface area contributed by atoms with E-state index in [1.54, 1.807) is 0 Å². The topological polar surface area (TPSA) is 37.4 Å². The molecule has 0 N–H and O–H groups in total. The Balaban J connectivity index is 2.04. The molecule has 0 amide bonds. The summed E-state index contributed by atoms with van der Waals surface area (Å²) in [5.74, 6) is 1.09. The van der Waals surface area contributed by atoms with Gasteiger partial charge in [-0.3, -0.25) is 9.59 Å². The molecule has 0 radical (unpaired) electrons. The molecular formula is C20H35NO2. The van der Waals surface area contributed by atoms with E-state index in [9.17, 15) is 9.59 Å². The maximum absolute atomic E-state index is 13.1. The third kappa shape index (κ3) is 3.70. The molecule has 0 heterocycles. The van der Waals surface area contributed by atoms with Gasteiger partial charge in [-0.05, 0) is 56.5 Å². The Hall–Kier alpha value is -0.700. The van der Waals surface area contributed by atoms with Gasteiger partial charge in [0.25, 0.3) is 0 Å². The molecule has 3 heteroatoms. The van der Waals surface area contributed by atoms with E-state index in [0.29, 0.717) is 12.3 Å². The van der Waals surface area contributed by atoms with Crippen molar-refractivity contribution in [3.05, 3.63) is 0 Å². The summed E-state index contributed by atoms with van der Waals surface area (Å²) in [5.41, 5.74) is -0.329. The maximum Gasteiger partial charge on any atom is 0.151 e. The van der Waals surface area contributed by atoms with Crippen molar-refractivity contribution in [3.8, 4) is 0 Å². The van der Waals surface area contributed by atoms with Crippen LogP contribution < -0.4 is 0 Å². The molecule has 132 valence electrons.